The normalized spacial score (nSPS) is 26.9. The number of anilines is 1. The summed E-state index contributed by atoms with van der Waals surface area (Å²) in [6.07, 6.45) is 3.90. The molecule has 7 heteroatoms. The van der Waals surface area contributed by atoms with Gasteiger partial charge in [-0.25, -0.2) is 4.39 Å². The molecule has 2 saturated carbocycles. The summed E-state index contributed by atoms with van der Waals surface area (Å²) in [7, 11) is 0. The molecule has 1 aromatic carbocycles. The number of hydrogen-bond acceptors (Lipinski definition) is 5. The number of amides is 1. The van der Waals surface area contributed by atoms with Crippen LogP contribution < -0.4 is 4.90 Å². The molecule has 156 valence electrons. The Morgan fingerprint density at radius 2 is 1.69 bits per heavy atom. The Kier molecular flexibility index (Phi) is 5.83. The average Bonchev–Trinajstić information content (AvgIpc) is 2.72. The van der Waals surface area contributed by atoms with Crippen molar-refractivity contribution >= 4 is 23.3 Å². The van der Waals surface area contributed by atoms with E-state index in [1.165, 1.54) is 6.07 Å². The van der Waals surface area contributed by atoms with Gasteiger partial charge in [0.1, 0.15) is 11.6 Å². The highest BCUT2D eigenvalue weighted by Gasteiger charge is 2.42. The van der Waals surface area contributed by atoms with Crippen molar-refractivity contribution in [2.75, 3.05) is 37.7 Å². The second-order valence-corrected chi connectivity index (χ2v) is 8.32. The number of hydrogen-bond donors (Lipinski definition) is 0. The van der Waals surface area contributed by atoms with E-state index in [0.717, 1.165) is 19.3 Å². The molecule has 4 rings (SSSR count). The number of carbonyl (C=O) groups is 3. The molecule has 2 atom stereocenters. The fourth-order valence-corrected chi connectivity index (χ4v) is 4.92. The van der Waals surface area contributed by atoms with Crippen molar-refractivity contribution in [3.8, 4) is 0 Å². The smallest absolute Gasteiger partial charge is 0.309 e. The summed E-state index contributed by atoms with van der Waals surface area (Å²) in [6.45, 7) is 1.74. The topological polar surface area (TPSA) is 66.9 Å². The second-order valence-electron chi connectivity index (χ2n) is 8.32. The van der Waals surface area contributed by atoms with Crippen molar-refractivity contribution in [3.63, 3.8) is 0 Å². The molecule has 0 radical (unpaired) electrons. The molecular formula is C22H27FN2O4. The predicted molar refractivity (Wildman–Crippen MR) is 105 cm³/mol. The molecule has 1 aliphatic heterocycles. The number of fused-ring (bicyclic) bond motifs is 2. The highest BCUT2D eigenvalue weighted by molar-refractivity contribution is 5.88. The molecule has 0 spiro atoms. The first kappa shape index (κ1) is 19.9. The SMILES string of the molecule is O=C(OCC(=O)N1CCN(c2ccccc2F)CC1)C1CC2CCCC(C1)C2=O. The fraction of sp³-hybridized carbons (Fsp3) is 0.591. The summed E-state index contributed by atoms with van der Waals surface area (Å²) in [4.78, 5) is 40.6. The van der Waals surface area contributed by atoms with Crippen LogP contribution in [-0.4, -0.2) is 55.3 Å². The van der Waals surface area contributed by atoms with Crippen LogP contribution in [0.25, 0.3) is 0 Å². The minimum absolute atomic E-state index is 0.0118. The molecule has 0 aromatic heterocycles. The van der Waals surface area contributed by atoms with E-state index in [9.17, 15) is 18.8 Å². The van der Waals surface area contributed by atoms with E-state index in [1.54, 1.807) is 23.1 Å². The van der Waals surface area contributed by atoms with Crippen LogP contribution in [0.15, 0.2) is 24.3 Å². The summed E-state index contributed by atoms with van der Waals surface area (Å²) >= 11 is 0. The molecule has 6 nitrogen and oxygen atoms in total. The van der Waals surface area contributed by atoms with Crippen molar-refractivity contribution in [2.45, 2.75) is 32.1 Å². The first-order valence-corrected chi connectivity index (χ1v) is 10.5. The summed E-state index contributed by atoms with van der Waals surface area (Å²) < 4.78 is 19.2. The van der Waals surface area contributed by atoms with E-state index in [-0.39, 0.29) is 42.1 Å². The van der Waals surface area contributed by atoms with Gasteiger partial charge in [-0.2, -0.15) is 0 Å². The van der Waals surface area contributed by atoms with Gasteiger partial charge in [0.2, 0.25) is 0 Å². The van der Waals surface area contributed by atoms with Crippen LogP contribution in [0.1, 0.15) is 32.1 Å². The van der Waals surface area contributed by atoms with Gasteiger partial charge in [-0.3, -0.25) is 14.4 Å². The minimum atomic E-state index is -0.354. The lowest BCUT2D eigenvalue weighted by molar-refractivity contribution is -0.159. The zero-order chi connectivity index (χ0) is 20.4. The highest BCUT2D eigenvalue weighted by Crippen LogP contribution is 2.40. The van der Waals surface area contributed by atoms with Crippen LogP contribution in [-0.2, 0) is 19.1 Å². The Morgan fingerprint density at radius 3 is 2.34 bits per heavy atom. The van der Waals surface area contributed by atoms with Gasteiger partial charge in [0.05, 0.1) is 11.6 Å². The standard InChI is InChI=1S/C22H27FN2O4/c23-18-6-1-2-7-19(18)24-8-10-25(11-9-24)20(26)14-29-22(28)17-12-15-4-3-5-16(13-17)21(15)27/h1-2,6-7,15-17H,3-5,8-14H2. The van der Waals surface area contributed by atoms with E-state index in [4.69, 9.17) is 4.74 Å². The molecule has 3 aliphatic rings. The lowest BCUT2D eigenvalue weighted by Crippen LogP contribution is -2.50. The summed E-state index contributed by atoms with van der Waals surface area (Å²) in [5.41, 5.74) is 0.545. The van der Waals surface area contributed by atoms with Crippen molar-refractivity contribution in [2.24, 2.45) is 17.8 Å². The lowest BCUT2D eigenvalue weighted by Gasteiger charge is -2.37. The third kappa shape index (κ3) is 4.28. The van der Waals surface area contributed by atoms with E-state index in [0.29, 0.717) is 50.5 Å². The summed E-state index contributed by atoms with van der Waals surface area (Å²) in [5, 5.41) is 0. The van der Waals surface area contributed by atoms with Gasteiger partial charge in [0, 0.05) is 38.0 Å². The van der Waals surface area contributed by atoms with Gasteiger partial charge in [-0.1, -0.05) is 18.6 Å². The number of benzene rings is 1. The molecule has 2 bridgehead atoms. The number of ether oxygens (including phenoxy) is 1. The molecule has 2 aliphatic carbocycles. The van der Waals surface area contributed by atoms with E-state index in [1.807, 2.05) is 4.90 Å². The maximum atomic E-state index is 13.9. The zero-order valence-electron chi connectivity index (χ0n) is 16.5. The molecule has 1 heterocycles. The number of rotatable bonds is 4. The highest BCUT2D eigenvalue weighted by atomic mass is 19.1. The van der Waals surface area contributed by atoms with E-state index >= 15 is 0 Å². The molecule has 1 aromatic rings. The number of esters is 1. The first-order valence-electron chi connectivity index (χ1n) is 10.5. The van der Waals surface area contributed by atoms with Crippen LogP contribution in [0.3, 0.4) is 0 Å². The van der Waals surface area contributed by atoms with Crippen LogP contribution in [0.2, 0.25) is 0 Å². The quantitative estimate of drug-likeness (QED) is 0.724. The molecule has 2 unspecified atom stereocenters. The maximum absolute atomic E-state index is 13.9. The van der Waals surface area contributed by atoms with Gasteiger partial charge in [-0.05, 0) is 37.8 Å². The average molecular weight is 402 g/mol. The van der Waals surface area contributed by atoms with Gasteiger partial charge in [0.15, 0.2) is 6.61 Å². The third-order valence-electron chi connectivity index (χ3n) is 6.54. The molecule has 29 heavy (non-hydrogen) atoms. The third-order valence-corrected chi connectivity index (χ3v) is 6.54. The van der Waals surface area contributed by atoms with Crippen molar-refractivity contribution < 1.29 is 23.5 Å². The molecular weight excluding hydrogens is 375 g/mol. The summed E-state index contributed by atoms with van der Waals surface area (Å²) in [5.74, 6) is -0.828. The van der Waals surface area contributed by atoms with Crippen LogP contribution in [0.5, 0.6) is 0 Å². The van der Waals surface area contributed by atoms with E-state index < -0.39 is 0 Å². The Balaban J connectivity index is 1.24. The number of nitrogens with zero attached hydrogens (tertiary/aromatic N) is 2. The van der Waals surface area contributed by atoms with Gasteiger partial charge >= 0.3 is 5.97 Å². The summed E-state index contributed by atoms with van der Waals surface area (Å²) in [6, 6.07) is 6.61. The first-order chi connectivity index (χ1) is 14.0. The molecule has 1 amide bonds. The number of piperazine rings is 1. The zero-order valence-corrected chi connectivity index (χ0v) is 16.5. The second kappa shape index (κ2) is 8.51. The number of ketones is 1. The van der Waals surface area contributed by atoms with Crippen molar-refractivity contribution in [1.29, 1.82) is 0 Å². The molecule has 1 saturated heterocycles. The van der Waals surface area contributed by atoms with Gasteiger partial charge in [0.25, 0.3) is 5.91 Å². The van der Waals surface area contributed by atoms with Crippen molar-refractivity contribution in [3.05, 3.63) is 30.1 Å². The number of para-hydroxylation sites is 1. The largest absolute Gasteiger partial charge is 0.455 e. The Bertz CT molecular complexity index is 775. The van der Waals surface area contributed by atoms with Crippen molar-refractivity contribution in [1.82, 2.24) is 4.90 Å². The van der Waals surface area contributed by atoms with Crippen LogP contribution in [0, 0.1) is 23.6 Å². The van der Waals surface area contributed by atoms with E-state index in [2.05, 4.69) is 0 Å². The minimum Gasteiger partial charge on any atom is -0.455 e. The number of carbonyl (C=O) groups excluding carboxylic acids is 3. The Labute approximate surface area is 170 Å². The van der Waals surface area contributed by atoms with Crippen LogP contribution >= 0.6 is 0 Å². The predicted octanol–water partition coefficient (Wildman–Crippen LogP) is 2.41. The molecule has 3 fully saturated rings. The van der Waals surface area contributed by atoms with Crippen LogP contribution in [0.4, 0.5) is 10.1 Å². The monoisotopic (exact) mass is 402 g/mol. The van der Waals surface area contributed by atoms with Gasteiger partial charge in [-0.15, -0.1) is 0 Å². The Morgan fingerprint density at radius 1 is 1.03 bits per heavy atom. The van der Waals surface area contributed by atoms with Gasteiger partial charge < -0.3 is 14.5 Å². The maximum Gasteiger partial charge on any atom is 0.309 e. The Hall–Kier alpha value is -2.44. The fourth-order valence-electron chi connectivity index (χ4n) is 4.92. The molecule has 0 N–H and O–H groups in total. The lowest BCUT2D eigenvalue weighted by atomic mass is 9.67. The number of Topliss-reactive ketones (excluding diaryl/α,β-unsaturated/α-hetero) is 1. The number of halogens is 1.